The van der Waals surface area contributed by atoms with Crippen molar-refractivity contribution < 1.29 is 14.6 Å². The molecule has 1 saturated carbocycles. The molecule has 1 heterocycles. The number of hydrogen-bond donors (Lipinski definition) is 1. The van der Waals surface area contributed by atoms with E-state index in [2.05, 4.69) is 6.07 Å². The van der Waals surface area contributed by atoms with E-state index in [0.29, 0.717) is 0 Å². The molecule has 3 nitrogen and oxygen atoms in total. The summed E-state index contributed by atoms with van der Waals surface area (Å²) in [6, 6.07) is 8.17. The quantitative estimate of drug-likeness (QED) is 0.386. The maximum atomic E-state index is 11.0. The normalized spacial score (nSPS) is 23.1. The van der Waals surface area contributed by atoms with E-state index in [4.69, 9.17) is 9.84 Å². The Morgan fingerprint density at radius 2 is 1.65 bits per heavy atom. The summed E-state index contributed by atoms with van der Waals surface area (Å²) in [6.07, 6.45) is 16.9. The van der Waals surface area contributed by atoms with Gasteiger partial charge in [-0.05, 0) is 29.9 Å². The predicted molar refractivity (Wildman–Crippen MR) is 104 cm³/mol. The number of benzene rings is 1. The molecular weight excluding hydrogens is 324 g/mol. The molecule has 1 saturated heterocycles. The fraction of sp³-hybridized carbons (Fsp3) is 0.696. The standard InChI is InChI=1S/C23H34O3/c24-23(25)22-21(26-22)20-17-11-10-16-19(20)15-9-4-2-1-3-6-12-18-13-7-5-8-14-18/h10-11,16-18,21-22H,1-9,12-15H2,(H,24,25). The molecule has 0 radical (unpaired) electrons. The molecule has 1 aromatic rings. The molecule has 3 rings (SSSR count). The van der Waals surface area contributed by atoms with Gasteiger partial charge in [-0.25, -0.2) is 4.79 Å². The van der Waals surface area contributed by atoms with E-state index >= 15 is 0 Å². The van der Waals surface area contributed by atoms with E-state index in [1.807, 2.05) is 18.2 Å². The second-order valence-corrected chi connectivity index (χ2v) is 8.18. The Labute approximate surface area is 158 Å². The topological polar surface area (TPSA) is 49.8 Å². The SMILES string of the molecule is O=C(O)C1OC1c1ccccc1CCCCCCCCC1CCCCC1. The van der Waals surface area contributed by atoms with Crippen molar-refractivity contribution in [3.8, 4) is 0 Å². The van der Waals surface area contributed by atoms with Gasteiger partial charge in [-0.2, -0.15) is 0 Å². The van der Waals surface area contributed by atoms with E-state index in [1.54, 1.807) is 0 Å². The number of rotatable bonds is 11. The highest BCUT2D eigenvalue weighted by Crippen LogP contribution is 2.40. The summed E-state index contributed by atoms with van der Waals surface area (Å²) in [5.41, 5.74) is 2.34. The minimum atomic E-state index is -0.849. The lowest BCUT2D eigenvalue weighted by molar-refractivity contribution is -0.138. The average Bonchev–Trinajstić information content (AvgIpc) is 3.46. The number of aliphatic carboxylic acids is 1. The van der Waals surface area contributed by atoms with E-state index in [-0.39, 0.29) is 6.10 Å². The van der Waals surface area contributed by atoms with Gasteiger partial charge in [0, 0.05) is 0 Å². The Hall–Kier alpha value is -1.35. The van der Waals surface area contributed by atoms with Crippen LogP contribution < -0.4 is 0 Å². The summed E-state index contributed by atoms with van der Waals surface area (Å²) in [4.78, 5) is 11.0. The van der Waals surface area contributed by atoms with Crippen molar-refractivity contribution in [2.24, 2.45) is 5.92 Å². The monoisotopic (exact) mass is 358 g/mol. The molecule has 26 heavy (non-hydrogen) atoms. The molecule has 2 atom stereocenters. The van der Waals surface area contributed by atoms with Gasteiger partial charge in [-0.1, -0.05) is 94.9 Å². The van der Waals surface area contributed by atoms with E-state index in [9.17, 15) is 4.79 Å². The van der Waals surface area contributed by atoms with E-state index in [1.165, 1.54) is 82.6 Å². The first-order valence-electron chi connectivity index (χ1n) is 10.7. The van der Waals surface area contributed by atoms with Crippen molar-refractivity contribution in [2.75, 3.05) is 0 Å². The largest absolute Gasteiger partial charge is 0.479 e. The lowest BCUT2D eigenvalue weighted by Crippen LogP contribution is -2.06. The van der Waals surface area contributed by atoms with Crippen LogP contribution in [0.1, 0.15) is 94.3 Å². The highest BCUT2D eigenvalue weighted by molar-refractivity contribution is 5.76. The van der Waals surface area contributed by atoms with Crippen LogP contribution in [0.5, 0.6) is 0 Å². The fourth-order valence-electron chi connectivity index (χ4n) is 4.51. The Balaban J connectivity index is 1.27. The van der Waals surface area contributed by atoms with Crippen LogP contribution in [0.3, 0.4) is 0 Å². The molecule has 2 unspecified atom stereocenters. The van der Waals surface area contributed by atoms with Gasteiger partial charge in [0.25, 0.3) is 0 Å². The van der Waals surface area contributed by atoms with Crippen molar-refractivity contribution in [1.82, 2.24) is 0 Å². The van der Waals surface area contributed by atoms with Gasteiger partial charge in [0.2, 0.25) is 0 Å². The van der Waals surface area contributed by atoms with Crippen LogP contribution in [0.4, 0.5) is 0 Å². The molecular formula is C23H34O3. The van der Waals surface area contributed by atoms with Gasteiger partial charge in [0.15, 0.2) is 6.10 Å². The number of unbranched alkanes of at least 4 members (excludes halogenated alkanes) is 5. The molecule has 1 N–H and O–H groups in total. The molecule has 1 aliphatic carbocycles. The maximum absolute atomic E-state index is 11.0. The average molecular weight is 359 g/mol. The second-order valence-electron chi connectivity index (χ2n) is 8.18. The minimum absolute atomic E-state index is 0.233. The summed E-state index contributed by atoms with van der Waals surface area (Å²) in [5, 5.41) is 9.05. The van der Waals surface area contributed by atoms with Crippen LogP contribution in [0.25, 0.3) is 0 Å². The number of carbonyl (C=O) groups is 1. The van der Waals surface area contributed by atoms with Crippen LogP contribution in [0, 0.1) is 5.92 Å². The van der Waals surface area contributed by atoms with E-state index in [0.717, 1.165) is 17.9 Å². The number of epoxide rings is 1. The molecule has 2 aliphatic rings. The van der Waals surface area contributed by atoms with Crippen LogP contribution >= 0.6 is 0 Å². The molecule has 1 aromatic carbocycles. The van der Waals surface area contributed by atoms with Gasteiger partial charge in [0.1, 0.15) is 6.10 Å². The third-order valence-electron chi connectivity index (χ3n) is 6.13. The third kappa shape index (κ3) is 5.84. The first kappa shape index (κ1) is 19.4. The van der Waals surface area contributed by atoms with Crippen LogP contribution in [0.2, 0.25) is 0 Å². The zero-order chi connectivity index (χ0) is 18.2. The van der Waals surface area contributed by atoms with Crippen molar-refractivity contribution in [2.45, 2.75) is 95.7 Å². The van der Waals surface area contributed by atoms with Crippen molar-refractivity contribution in [3.63, 3.8) is 0 Å². The van der Waals surface area contributed by atoms with Crippen molar-refractivity contribution in [1.29, 1.82) is 0 Å². The van der Waals surface area contributed by atoms with Gasteiger partial charge < -0.3 is 9.84 Å². The van der Waals surface area contributed by atoms with Crippen LogP contribution in [-0.2, 0) is 16.0 Å². The van der Waals surface area contributed by atoms with Gasteiger partial charge >= 0.3 is 5.97 Å². The number of hydrogen-bond acceptors (Lipinski definition) is 2. The summed E-state index contributed by atoms with van der Waals surface area (Å²) in [7, 11) is 0. The molecule has 0 amide bonds. The van der Waals surface area contributed by atoms with Gasteiger partial charge in [0.05, 0.1) is 0 Å². The Bertz CT molecular complexity index is 562. The number of ether oxygens (including phenoxy) is 1. The zero-order valence-corrected chi connectivity index (χ0v) is 16.0. The second kappa shape index (κ2) is 10.1. The molecule has 3 heteroatoms. The number of carboxylic acid groups (broad SMARTS) is 1. The first-order chi connectivity index (χ1) is 12.8. The molecule has 1 aliphatic heterocycles. The van der Waals surface area contributed by atoms with Gasteiger partial charge in [-0.3, -0.25) is 0 Å². The van der Waals surface area contributed by atoms with Crippen molar-refractivity contribution in [3.05, 3.63) is 35.4 Å². The number of aryl methyl sites for hydroxylation is 1. The summed E-state index contributed by atoms with van der Waals surface area (Å²) in [6.45, 7) is 0. The summed E-state index contributed by atoms with van der Waals surface area (Å²) in [5.74, 6) is 0.178. The van der Waals surface area contributed by atoms with Crippen LogP contribution in [-0.4, -0.2) is 17.2 Å². The summed E-state index contributed by atoms with van der Waals surface area (Å²) >= 11 is 0. The van der Waals surface area contributed by atoms with Crippen LogP contribution in [0.15, 0.2) is 24.3 Å². The lowest BCUT2D eigenvalue weighted by atomic mass is 9.85. The summed E-state index contributed by atoms with van der Waals surface area (Å²) < 4.78 is 5.33. The minimum Gasteiger partial charge on any atom is -0.479 e. The Morgan fingerprint density at radius 3 is 2.38 bits per heavy atom. The molecule has 0 spiro atoms. The highest BCUT2D eigenvalue weighted by atomic mass is 16.6. The smallest absolute Gasteiger partial charge is 0.335 e. The maximum Gasteiger partial charge on any atom is 0.335 e. The van der Waals surface area contributed by atoms with Gasteiger partial charge in [-0.15, -0.1) is 0 Å². The third-order valence-corrected chi connectivity index (χ3v) is 6.13. The molecule has 144 valence electrons. The molecule has 0 bridgehead atoms. The molecule has 0 aromatic heterocycles. The Morgan fingerprint density at radius 1 is 0.962 bits per heavy atom. The first-order valence-corrected chi connectivity index (χ1v) is 10.7. The van der Waals surface area contributed by atoms with Crippen molar-refractivity contribution >= 4 is 5.97 Å². The predicted octanol–water partition coefficient (Wildman–Crippen LogP) is 6.06. The fourth-order valence-corrected chi connectivity index (χ4v) is 4.51. The highest BCUT2D eigenvalue weighted by Gasteiger charge is 2.47. The lowest BCUT2D eigenvalue weighted by Gasteiger charge is -2.21. The zero-order valence-electron chi connectivity index (χ0n) is 16.0. The molecule has 2 fully saturated rings. The number of carboxylic acids is 1. The van der Waals surface area contributed by atoms with E-state index < -0.39 is 12.1 Å². The Kier molecular flexibility index (Phi) is 7.55.